The van der Waals surface area contributed by atoms with Crippen molar-refractivity contribution in [3.05, 3.63) is 18.0 Å². The van der Waals surface area contributed by atoms with Gasteiger partial charge in [-0.15, -0.1) is 0 Å². The Hall–Kier alpha value is -0.520. The number of aromatic nitrogens is 2. The van der Waals surface area contributed by atoms with Gasteiger partial charge in [0.2, 0.25) is 0 Å². The first kappa shape index (κ1) is 12.5. The Balaban J connectivity index is 2.49. The molecular formula is C10H20N4S. The number of thioether (sulfide) groups is 1. The first-order valence-electron chi connectivity index (χ1n) is 5.38. The van der Waals surface area contributed by atoms with E-state index in [0.29, 0.717) is 0 Å². The van der Waals surface area contributed by atoms with Crippen LogP contribution in [0.4, 0.5) is 0 Å². The predicted molar refractivity (Wildman–Crippen MR) is 65.6 cm³/mol. The third-order valence-corrected chi connectivity index (χ3v) is 3.48. The molecule has 0 aliphatic rings. The molecule has 1 atom stereocenters. The second-order valence-corrected chi connectivity index (χ2v) is 4.57. The summed E-state index contributed by atoms with van der Waals surface area (Å²) in [6, 6.07) is 0.210. The minimum atomic E-state index is 0.210. The fourth-order valence-corrected chi connectivity index (χ4v) is 2.30. The Morgan fingerprint density at radius 3 is 2.93 bits per heavy atom. The summed E-state index contributed by atoms with van der Waals surface area (Å²) < 4.78 is 1.92. The van der Waals surface area contributed by atoms with E-state index in [4.69, 9.17) is 5.84 Å². The molecule has 0 aliphatic heterocycles. The molecule has 5 heteroatoms. The lowest BCUT2D eigenvalue weighted by molar-refractivity contribution is 0.607. The molecule has 15 heavy (non-hydrogen) atoms. The van der Waals surface area contributed by atoms with E-state index < -0.39 is 0 Å². The molecule has 86 valence electrons. The van der Waals surface area contributed by atoms with Gasteiger partial charge < -0.3 is 0 Å². The Morgan fingerprint density at radius 2 is 2.40 bits per heavy atom. The van der Waals surface area contributed by atoms with E-state index in [0.717, 1.165) is 12.3 Å². The van der Waals surface area contributed by atoms with E-state index in [-0.39, 0.29) is 6.04 Å². The summed E-state index contributed by atoms with van der Waals surface area (Å²) in [6.07, 6.45) is 5.15. The lowest BCUT2D eigenvalue weighted by atomic mass is 10.2. The second kappa shape index (κ2) is 6.87. The van der Waals surface area contributed by atoms with E-state index in [1.165, 1.54) is 17.7 Å². The molecule has 0 amide bonds. The number of hydrogen-bond donors (Lipinski definition) is 2. The van der Waals surface area contributed by atoms with Crippen molar-refractivity contribution >= 4 is 11.8 Å². The molecule has 0 aromatic carbocycles. The van der Waals surface area contributed by atoms with Gasteiger partial charge in [0.05, 0.1) is 12.2 Å². The van der Waals surface area contributed by atoms with Gasteiger partial charge in [-0.2, -0.15) is 16.9 Å². The molecular weight excluding hydrogens is 208 g/mol. The fourth-order valence-electron chi connectivity index (χ4n) is 1.32. The van der Waals surface area contributed by atoms with Crippen LogP contribution in [0.1, 0.15) is 31.9 Å². The zero-order valence-electron chi connectivity index (χ0n) is 9.44. The van der Waals surface area contributed by atoms with Gasteiger partial charge in [-0.25, -0.2) is 0 Å². The van der Waals surface area contributed by atoms with Crippen LogP contribution in [0.2, 0.25) is 0 Å². The van der Waals surface area contributed by atoms with Gasteiger partial charge in [0.25, 0.3) is 0 Å². The number of rotatable bonds is 7. The molecule has 0 saturated heterocycles. The molecule has 0 fully saturated rings. The standard InChI is InChI=1S/C10H20N4S/c1-3-5-15-8-10(13-11)9-6-12-14(4-2)7-9/h6-7,10,13H,3-5,8,11H2,1-2H3. The molecule has 1 aromatic rings. The SMILES string of the molecule is CCCSCC(NN)c1cnn(CC)c1. The predicted octanol–water partition coefficient (Wildman–Crippen LogP) is 1.55. The number of nitrogens with two attached hydrogens (primary N) is 1. The molecule has 0 spiro atoms. The van der Waals surface area contributed by atoms with E-state index in [1.54, 1.807) is 0 Å². The van der Waals surface area contributed by atoms with Crippen molar-refractivity contribution in [2.24, 2.45) is 5.84 Å². The van der Waals surface area contributed by atoms with Crippen molar-refractivity contribution in [2.45, 2.75) is 32.9 Å². The van der Waals surface area contributed by atoms with Gasteiger partial charge in [-0.1, -0.05) is 6.92 Å². The van der Waals surface area contributed by atoms with Crippen LogP contribution >= 0.6 is 11.8 Å². The van der Waals surface area contributed by atoms with Crippen LogP contribution in [0.5, 0.6) is 0 Å². The summed E-state index contributed by atoms with van der Waals surface area (Å²) in [7, 11) is 0. The first-order chi connectivity index (χ1) is 7.31. The van der Waals surface area contributed by atoms with Gasteiger partial charge >= 0.3 is 0 Å². The van der Waals surface area contributed by atoms with E-state index in [2.05, 4.69) is 30.6 Å². The van der Waals surface area contributed by atoms with Gasteiger partial charge in [0, 0.05) is 24.1 Å². The minimum Gasteiger partial charge on any atom is -0.273 e. The maximum absolute atomic E-state index is 5.54. The number of nitrogens with zero attached hydrogens (tertiary/aromatic N) is 2. The summed E-state index contributed by atoms with van der Waals surface area (Å²) in [5.74, 6) is 7.72. The molecule has 1 rings (SSSR count). The number of hydrogen-bond acceptors (Lipinski definition) is 4. The van der Waals surface area contributed by atoms with Crippen LogP contribution in [-0.4, -0.2) is 21.3 Å². The highest BCUT2D eigenvalue weighted by Gasteiger charge is 2.11. The summed E-state index contributed by atoms with van der Waals surface area (Å²) in [5.41, 5.74) is 4.01. The number of aryl methyl sites for hydroxylation is 1. The van der Waals surface area contributed by atoms with Crippen molar-refractivity contribution in [3.63, 3.8) is 0 Å². The molecule has 0 aliphatic carbocycles. The Morgan fingerprint density at radius 1 is 1.60 bits per heavy atom. The lowest BCUT2D eigenvalue weighted by Gasteiger charge is -2.13. The monoisotopic (exact) mass is 228 g/mol. The normalized spacial score (nSPS) is 13.0. The zero-order valence-corrected chi connectivity index (χ0v) is 10.3. The molecule has 1 heterocycles. The second-order valence-electron chi connectivity index (χ2n) is 3.42. The van der Waals surface area contributed by atoms with Gasteiger partial charge in [0.15, 0.2) is 0 Å². The third kappa shape index (κ3) is 3.85. The van der Waals surface area contributed by atoms with Crippen molar-refractivity contribution < 1.29 is 0 Å². The zero-order chi connectivity index (χ0) is 11.1. The van der Waals surface area contributed by atoms with Crippen molar-refractivity contribution in [1.82, 2.24) is 15.2 Å². The Bertz CT molecular complexity index is 274. The summed E-state index contributed by atoms with van der Waals surface area (Å²) >= 11 is 1.92. The van der Waals surface area contributed by atoms with Gasteiger partial charge in [0.1, 0.15) is 0 Å². The topological polar surface area (TPSA) is 55.9 Å². The smallest absolute Gasteiger partial charge is 0.0581 e. The first-order valence-corrected chi connectivity index (χ1v) is 6.53. The quantitative estimate of drug-likeness (QED) is 0.422. The highest BCUT2D eigenvalue weighted by molar-refractivity contribution is 7.99. The average molecular weight is 228 g/mol. The third-order valence-electron chi connectivity index (χ3n) is 2.21. The van der Waals surface area contributed by atoms with Crippen LogP contribution in [0.15, 0.2) is 12.4 Å². The molecule has 1 unspecified atom stereocenters. The number of nitrogens with one attached hydrogen (secondary N) is 1. The van der Waals surface area contributed by atoms with Crippen LogP contribution < -0.4 is 11.3 Å². The lowest BCUT2D eigenvalue weighted by Crippen LogP contribution is -2.29. The van der Waals surface area contributed by atoms with E-state index in [1.807, 2.05) is 22.6 Å². The summed E-state index contributed by atoms with van der Waals surface area (Å²) in [5, 5.41) is 4.24. The highest BCUT2D eigenvalue weighted by Crippen LogP contribution is 2.17. The van der Waals surface area contributed by atoms with Crippen LogP contribution in [0.25, 0.3) is 0 Å². The van der Waals surface area contributed by atoms with Crippen molar-refractivity contribution in [3.8, 4) is 0 Å². The molecule has 3 N–H and O–H groups in total. The maximum Gasteiger partial charge on any atom is 0.0581 e. The van der Waals surface area contributed by atoms with Crippen LogP contribution in [-0.2, 0) is 6.54 Å². The minimum absolute atomic E-state index is 0.210. The molecule has 0 radical (unpaired) electrons. The van der Waals surface area contributed by atoms with Crippen LogP contribution in [0.3, 0.4) is 0 Å². The van der Waals surface area contributed by atoms with Gasteiger partial charge in [-0.3, -0.25) is 16.0 Å². The molecule has 0 saturated carbocycles. The fraction of sp³-hybridized carbons (Fsp3) is 0.700. The summed E-state index contributed by atoms with van der Waals surface area (Å²) in [6.45, 7) is 5.17. The maximum atomic E-state index is 5.54. The average Bonchev–Trinajstić information content (AvgIpc) is 2.73. The Kier molecular flexibility index (Phi) is 5.75. The van der Waals surface area contributed by atoms with Gasteiger partial charge in [-0.05, 0) is 19.1 Å². The Labute approximate surface area is 95.6 Å². The molecule has 1 aromatic heterocycles. The summed E-state index contributed by atoms with van der Waals surface area (Å²) in [4.78, 5) is 0. The van der Waals surface area contributed by atoms with Crippen molar-refractivity contribution in [2.75, 3.05) is 11.5 Å². The van der Waals surface area contributed by atoms with E-state index >= 15 is 0 Å². The molecule has 4 nitrogen and oxygen atoms in total. The highest BCUT2D eigenvalue weighted by atomic mass is 32.2. The van der Waals surface area contributed by atoms with E-state index in [9.17, 15) is 0 Å². The largest absolute Gasteiger partial charge is 0.273 e. The van der Waals surface area contributed by atoms with Crippen molar-refractivity contribution in [1.29, 1.82) is 0 Å². The van der Waals surface area contributed by atoms with Crippen LogP contribution in [0, 0.1) is 0 Å². The number of hydrazine groups is 1. The molecule has 0 bridgehead atoms.